The van der Waals surface area contributed by atoms with Gasteiger partial charge in [0.2, 0.25) is 5.91 Å². The largest absolute Gasteiger partial charge is 0.299 e. The van der Waals surface area contributed by atoms with Crippen molar-refractivity contribution in [3.8, 4) is 0 Å². The molecule has 4 heteroatoms. The van der Waals surface area contributed by atoms with Gasteiger partial charge in [-0.3, -0.25) is 9.69 Å². The summed E-state index contributed by atoms with van der Waals surface area (Å²) in [5, 5.41) is 6.75. The molecule has 1 aliphatic heterocycles. The first-order valence-electron chi connectivity index (χ1n) is 10.3. The maximum absolute atomic E-state index is 12.6. The van der Waals surface area contributed by atoms with Crippen molar-refractivity contribution in [1.29, 1.82) is 0 Å². The Morgan fingerprint density at radius 2 is 1.66 bits per heavy atom. The van der Waals surface area contributed by atoms with E-state index in [1.54, 1.807) is 0 Å². The normalized spacial score (nSPS) is 16.1. The van der Waals surface area contributed by atoms with Gasteiger partial charge in [-0.25, -0.2) is 5.43 Å². The van der Waals surface area contributed by atoms with Crippen molar-refractivity contribution in [3.05, 3.63) is 83.9 Å². The molecule has 1 amide bonds. The van der Waals surface area contributed by atoms with E-state index in [-0.39, 0.29) is 11.8 Å². The summed E-state index contributed by atoms with van der Waals surface area (Å²) < 4.78 is 0. The Kier molecular flexibility index (Phi) is 6.01. The number of rotatable bonds is 5. The molecule has 0 aliphatic carbocycles. The summed E-state index contributed by atoms with van der Waals surface area (Å²) in [5.41, 5.74) is 5.97. The number of benzene rings is 3. The van der Waals surface area contributed by atoms with Crippen LogP contribution in [0.2, 0.25) is 0 Å². The van der Waals surface area contributed by atoms with E-state index < -0.39 is 0 Å². The lowest BCUT2D eigenvalue weighted by Crippen LogP contribution is -2.39. The van der Waals surface area contributed by atoms with E-state index in [2.05, 4.69) is 70.0 Å². The highest BCUT2D eigenvalue weighted by Crippen LogP contribution is 2.20. The van der Waals surface area contributed by atoms with Crippen LogP contribution in [0.5, 0.6) is 0 Å². The van der Waals surface area contributed by atoms with Gasteiger partial charge in [0.05, 0.1) is 5.71 Å². The minimum atomic E-state index is 0.0319. The van der Waals surface area contributed by atoms with Gasteiger partial charge in [0.25, 0.3) is 0 Å². The van der Waals surface area contributed by atoms with Crippen LogP contribution in [0.4, 0.5) is 0 Å². The van der Waals surface area contributed by atoms with Crippen molar-refractivity contribution in [3.63, 3.8) is 0 Å². The summed E-state index contributed by atoms with van der Waals surface area (Å²) in [6.45, 7) is 4.78. The van der Waals surface area contributed by atoms with Gasteiger partial charge < -0.3 is 0 Å². The van der Waals surface area contributed by atoms with Crippen molar-refractivity contribution < 1.29 is 4.79 Å². The van der Waals surface area contributed by atoms with Crippen LogP contribution in [0, 0.1) is 5.92 Å². The molecule has 1 heterocycles. The molecule has 0 aromatic heterocycles. The highest BCUT2D eigenvalue weighted by molar-refractivity contribution is 6.02. The molecule has 4 rings (SSSR count). The molecule has 0 spiro atoms. The number of piperidine rings is 1. The van der Waals surface area contributed by atoms with Crippen LogP contribution in [0.25, 0.3) is 10.8 Å². The molecule has 29 heavy (non-hydrogen) atoms. The van der Waals surface area contributed by atoms with Crippen LogP contribution in [0.1, 0.15) is 30.9 Å². The van der Waals surface area contributed by atoms with E-state index in [1.807, 2.05) is 25.1 Å². The predicted octanol–water partition coefficient (Wildman–Crippen LogP) is 4.59. The average Bonchev–Trinajstić information content (AvgIpc) is 2.78. The molecular weight excluding hydrogens is 358 g/mol. The molecule has 1 fully saturated rings. The fourth-order valence-corrected chi connectivity index (χ4v) is 3.90. The Morgan fingerprint density at radius 3 is 2.41 bits per heavy atom. The third-order valence-electron chi connectivity index (χ3n) is 5.71. The van der Waals surface area contributed by atoms with Crippen LogP contribution in [0.3, 0.4) is 0 Å². The number of carbonyl (C=O) groups is 1. The lowest BCUT2D eigenvalue weighted by atomic mass is 9.96. The molecule has 1 aliphatic rings. The first kappa shape index (κ1) is 19.3. The molecular formula is C25H27N3O. The highest BCUT2D eigenvalue weighted by atomic mass is 16.2. The Hall–Kier alpha value is -2.98. The number of hydrazone groups is 1. The summed E-state index contributed by atoms with van der Waals surface area (Å²) in [4.78, 5) is 15.0. The fraction of sp³-hybridized carbons (Fsp3) is 0.280. The summed E-state index contributed by atoms with van der Waals surface area (Å²) in [5.74, 6) is 0.0691. The summed E-state index contributed by atoms with van der Waals surface area (Å²) in [6.07, 6.45) is 1.76. The van der Waals surface area contributed by atoms with Crippen molar-refractivity contribution in [2.24, 2.45) is 11.0 Å². The van der Waals surface area contributed by atoms with Crippen LogP contribution in [-0.2, 0) is 11.3 Å². The summed E-state index contributed by atoms with van der Waals surface area (Å²) >= 11 is 0. The molecule has 0 unspecified atom stereocenters. The molecule has 3 aromatic carbocycles. The number of nitrogens with zero attached hydrogens (tertiary/aromatic N) is 2. The second kappa shape index (κ2) is 9.01. The van der Waals surface area contributed by atoms with Crippen molar-refractivity contribution in [2.45, 2.75) is 26.3 Å². The standard InChI is InChI=1S/C25H27N3O/c1-19(23-12-11-21-9-5-6-10-24(21)17-23)26-27-25(29)22-13-15-28(16-14-22)18-20-7-3-2-4-8-20/h2-12,17,22H,13-16,18H2,1H3,(H,27,29)/b26-19+. The average molecular weight is 386 g/mol. The molecule has 1 saturated heterocycles. The Labute approximate surface area is 172 Å². The Bertz CT molecular complexity index is 1000. The van der Waals surface area contributed by atoms with Gasteiger partial charge in [-0.1, -0.05) is 66.7 Å². The number of hydrogen-bond acceptors (Lipinski definition) is 3. The van der Waals surface area contributed by atoms with Crippen LogP contribution >= 0.6 is 0 Å². The van der Waals surface area contributed by atoms with Crippen LogP contribution in [0.15, 0.2) is 77.9 Å². The monoisotopic (exact) mass is 385 g/mol. The molecule has 0 saturated carbocycles. The van der Waals surface area contributed by atoms with Gasteiger partial charge in [0.15, 0.2) is 0 Å². The lowest BCUT2D eigenvalue weighted by Gasteiger charge is -2.30. The van der Waals surface area contributed by atoms with E-state index in [1.165, 1.54) is 16.3 Å². The van der Waals surface area contributed by atoms with E-state index in [9.17, 15) is 4.79 Å². The number of amides is 1. The summed E-state index contributed by atoms with van der Waals surface area (Å²) in [7, 11) is 0. The molecule has 1 N–H and O–H groups in total. The number of fused-ring (bicyclic) bond motifs is 1. The third kappa shape index (κ3) is 4.90. The van der Waals surface area contributed by atoms with Gasteiger partial charge >= 0.3 is 0 Å². The smallest absolute Gasteiger partial charge is 0.243 e. The van der Waals surface area contributed by atoms with E-state index in [4.69, 9.17) is 0 Å². The van der Waals surface area contributed by atoms with Crippen molar-refractivity contribution in [2.75, 3.05) is 13.1 Å². The minimum Gasteiger partial charge on any atom is -0.299 e. The quantitative estimate of drug-likeness (QED) is 0.516. The van der Waals surface area contributed by atoms with E-state index in [0.29, 0.717) is 0 Å². The molecule has 148 valence electrons. The maximum Gasteiger partial charge on any atom is 0.243 e. The van der Waals surface area contributed by atoms with Gasteiger partial charge in [-0.15, -0.1) is 0 Å². The van der Waals surface area contributed by atoms with Crippen molar-refractivity contribution in [1.82, 2.24) is 10.3 Å². The topological polar surface area (TPSA) is 44.7 Å². The number of likely N-dealkylation sites (tertiary alicyclic amines) is 1. The van der Waals surface area contributed by atoms with Gasteiger partial charge in [-0.2, -0.15) is 5.10 Å². The molecule has 3 aromatic rings. The molecule has 0 atom stereocenters. The van der Waals surface area contributed by atoms with E-state index in [0.717, 1.165) is 43.8 Å². The predicted molar refractivity (Wildman–Crippen MR) is 119 cm³/mol. The molecule has 0 radical (unpaired) electrons. The first-order valence-corrected chi connectivity index (χ1v) is 10.3. The number of nitrogens with one attached hydrogen (secondary N) is 1. The molecule has 4 nitrogen and oxygen atoms in total. The third-order valence-corrected chi connectivity index (χ3v) is 5.71. The van der Waals surface area contributed by atoms with Gasteiger partial charge in [0.1, 0.15) is 0 Å². The van der Waals surface area contributed by atoms with Crippen LogP contribution < -0.4 is 5.43 Å². The van der Waals surface area contributed by atoms with E-state index >= 15 is 0 Å². The van der Waals surface area contributed by atoms with Gasteiger partial charge in [-0.05, 0) is 60.8 Å². The number of carbonyl (C=O) groups excluding carboxylic acids is 1. The SMILES string of the molecule is C/C(=N\NC(=O)C1CCN(Cc2ccccc2)CC1)c1ccc2ccccc2c1. The maximum atomic E-state index is 12.6. The fourth-order valence-electron chi connectivity index (χ4n) is 3.90. The first-order chi connectivity index (χ1) is 14.2. The zero-order chi connectivity index (χ0) is 20.1. The molecule has 0 bridgehead atoms. The van der Waals surface area contributed by atoms with Gasteiger partial charge in [0, 0.05) is 12.5 Å². The van der Waals surface area contributed by atoms with Crippen molar-refractivity contribution >= 4 is 22.4 Å². The lowest BCUT2D eigenvalue weighted by molar-refractivity contribution is -0.126. The Balaban J connectivity index is 1.31. The zero-order valence-electron chi connectivity index (χ0n) is 16.8. The Morgan fingerprint density at radius 1 is 0.966 bits per heavy atom. The van der Waals surface area contributed by atoms with Crippen LogP contribution in [-0.4, -0.2) is 29.6 Å². The highest BCUT2D eigenvalue weighted by Gasteiger charge is 2.24. The summed E-state index contributed by atoms with van der Waals surface area (Å²) in [6, 6.07) is 25.0. The minimum absolute atomic E-state index is 0.0319. The zero-order valence-corrected chi connectivity index (χ0v) is 16.8. The second-order valence-corrected chi connectivity index (χ2v) is 7.77. The number of hydrogen-bond donors (Lipinski definition) is 1. The second-order valence-electron chi connectivity index (χ2n) is 7.77.